The Morgan fingerprint density at radius 2 is 2.33 bits per heavy atom. The summed E-state index contributed by atoms with van der Waals surface area (Å²) in [5.74, 6) is 0.723. The van der Waals surface area contributed by atoms with E-state index in [9.17, 15) is 4.79 Å². The molecule has 1 aromatic heterocycles. The molecule has 1 atom stereocenters. The van der Waals surface area contributed by atoms with Crippen LogP contribution in [0.1, 0.15) is 31.5 Å². The molecule has 1 aliphatic heterocycles. The number of anilines is 1. The Hall–Kier alpha value is -1.69. The molecular weight excluding hydrogens is 232 g/mol. The molecule has 1 fully saturated rings. The molecule has 1 aromatic rings. The SMILES string of the molecule is CC(=O)N1CCCC1c1nccnc1NCCO. The van der Waals surface area contributed by atoms with Crippen molar-refractivity contribution in [1.82, 2.24) is 14.9 Å². The van der Waals surface area contributed by atoms with E-state index in [1.165, 1.54) is 0 Å². The van der Waals surface area contributed by atoms with Crippen LogP contribution in [-0.4, -0.2) is 45.6 Å². The van der Waals surface area contributed by atoms with Crippen molar-refractivity contribution in [2.75, 3.05) is 25.0 Å². The lowest BCUT2D eigenvalue weighted by Crippen LogP contribution is -2.29. The van der Waals surface area contributed by atoms with E-state index in [2.05, 4.69) is 15.3 Å². The fourth-order valence-corrected chi connectivity index (χ4v) is 2.33. The Morgan fingerprint density at radius 1 is 1.56 bits per heavy atom. The van der Waals surface area contributed by atoms with Crippen molar-refractivity contribution in [2.24, 2.45) is 0 Å². The van der Waals surface area contributed by atoms with E-state index in [-0.39, 0.29) is 18.6 Å². The van der Waals surface area contributed by atoms with Crippen molar-refractivity contribution in [1.29, 1.82) is 0 Å². The van der Waals surface area contributed by atoms with Gasteiger partial charge in [0, 0.05) is 32.4 Å². The predicted molar refractivity (Wildman–Crippen MR) is 67.0 cm³/mol. The zero-order valence-corrected chi connectivity index (χ0v) is 10.5. The third-order valence-corrected chi connectivity index (χ3v) is 3.10. The minimum Gasteiger partial charge on any atom is -0.395 e. The summed E-state index contributed by atoms with van der Waals surface area (Å²) in [7, 11) is 0. The van der Waals surface area contributed by atoms with Gasteiger partial charge < -0.3 is 15.3 Å². The normalized spacial score (nSPS) is 19.0. The highest BCUT2D eigenvalue weighted by Crippen LogP contribution is 2.33. The molecule has 1 aliphatic rings. The predicted octanol–water partition coefficient (Wildman–Crippen LogP) is 0.564. The average Bonchev–Trinajstić information content (AvgIpc) is 2.86. The molecule has 0 spiro atoms. The largest absolute Gasteiger partial charge is 0.395 e. The molecule has 0 saturated carbocycles. The standard InChI is InChI=1S/C12H18N4O2/c1-9(18)16-7-2-3-10(16)11-12(15-6-8-17)14-5-4-13-11/h4-5,10,17H,2-3,6-8H2,1H3,(H,14,15). The summed E-state index contributed by atoms with van der Waals surface area (Å²) < 4.78 is 0. The second kappa shape index (κ2) is 5.77. The number of hydrogen-bond donors (Lipinski definition) is 2. The highest BCUT2D eigenvalue weighted by molar-refractivity contribution is 5.74. The molecular formula is C12H18N4O2. The van der Waals surface area contributed by atoms with E-state index in [4.69, 9.17) is 5.11 Å². The van der Waals surface area contributed by atoms with Crippen molar-refractivity contribution in [3.63, 3.8) is 0 Å². The van der Waals surface area contributed by atoms with Crippen LogP contribution in [0.5, 0.6) is 0 Å². The van der Waals surface area contributed by atoms with Crippen LogP contribution in [-0.2, 0) is 4.79 Å². The number of nitrogens with zero attached hydrogens (tertiary/aromatic N) is 3. The van der Waals surface area contributed by atoms with Crippen molar-refractivity contribution >= 4 is 11.7 Å². The van der Waals surface area contributed by atoms with Gasteiger partial charge in [0.2, 0.25) is 5.91 Å². The van der Waals surface area contributed by atoms with Crippen molar-refractivity contribution in [3.05, 3.63) is 18.1 Å². The molecule has 98 valence electrons. The molecule has 2 heterocycles. The Bertz CT molecular complexity index is 424. The van der Waals surface area contributed by atoms with Gasteiger partial charge in [-0.3, -0.25) is 9.78 Å². The highest BCUT2D eigenvalue weighted by atomic mass is 16.3. The quantitative estimate of drug-likeness (QED) is 0.816. The summed E-state index contributed by atoms with van der Waals surface area (Å²) in [6.45, 7) is 2.82. The average molecular weight is 250 g/mol. The van der Waals surface area contributed by atoms with Crippen LogP contribution in [0.4, 0.5) is 5.82 Å². The maximum atomic E-state index is 11.6. The minimum atomic E-state index is -0.00241. The van der Waals surface area contributed by atoms with Crippen LogP contribution < -0.4 is 5.32 Å². The van der Waals surface area contributed by atoms with Crippen LogP contribution in [0.2, 0.25) is 0 Å². The molecule has 6 heteroatoms. The molecule has 2 N–H and O–H groups in total. The van der Waals surface area contributed by atoms with Gasteiger partial charge in [-0.1, -0.05) is 0 Å². The number of aliphatic hydroxyl groups excluding tert-OH is 1. The molecule has 18 heavy (non-hydrogen) atoms. The summed E-state index contributed by atoms with van der Waals surface area (Å²) in [6.07, 6.45) is 5.14. The third kappa shape index (κ3) is 2.59. The first-order valence-corrected chi connectivity index (χ1v) is 6.17. The van der Waals surface area contributed by atoms with Crippen LogP contribution in [0.25, 0.3) is 0 Å². The molecule has 0 radical (unpaired) electrons. The summed E-state index contributed by atoms with van der Waals surface area (Å²) in [6, 6.07) is -0.00241. The number of likely N-dealkylation sites (tertiary alicyclic amines) is 1. The molecule has 0 aromatic carbocycles. The number of carbonyl (C=O) groups is 1. The zero-order valence-electron chi connectivity index (χ0n) is 10.5. The molecule has 6 nitrogen and oxygen atoms in total. The molecule has 1 amide bonds. The van der Waals surface area contributed by atoms with Gasteiger partial charge in [0.25, 0.3) is 0 Å². The smallest absolute Gasteiger partial charge is 0.220 e. The van der Waals surface area contributed by atoms with Gasteiger partial charge in [0.05, 0.1) is 12.6 Å². The number of amides is 1. The Labute approximate surface area is 106 Å². The fraction of sp³-hybridized carbons (Fsp3) is 0.583. The van der Waals surface area contributed by atoms with Gasteiger partial charge in [-0.25, -0.2) is 4.98 Å². The van der Waals surface area contributed by atoms with Crippen LogP contribution in [0.15, 0.2) is 12.4 Å². The summed E-state index contributed by atoms with van der Waals surface area (Å²) in [4.78, 5) is 22.0. The second-order valence-electron chi connectivity index (χ2n) is 4.31. The van der Waals surface area contributed by atoms with E-state index >= 15 is 0 Å². The minimum absolute atomic E-state index is 0.00241. The Kier molecular flexibility index (Phi) is 4.09. The molecule has 1 unspecified atom stereocenters. The van der Waals surface area contributed by atoms with Gasteiger partial charge in [-0.2, -0.15) is 0 Å². The molecule has 0 aliphatic carbocycles. The molecule has 2 rings (SSSR count). The lowest BCUT2D eigenvalue weighted by molar-refractivity contribution is -0.129. The second-order valence-corrected chi connectivity index (χ2v) is 4.31. The molecule has 0 bridgehead atoms. The van der Waals surface area contributed by atoms with Crippen molar-refractivity contribution in [3.8, 4) is 0 Å². The van der Waals surface area contributed by atoms with E-state index in [0.29, 0.717) is 12.4 Å². The topological polar surface area (TPSA) is 78.4 Å². The van der Waals surface area contributed by atoms with E-state index in [0.717, 1.165) is 25.1 Å². The van der Waals surface area contributed by atoms with E-state index < -0.39 is 0 Å². The molecule has 1 saturated heterocycles. The zero-order chi connectivity index (χ0) is 13.0. The van der Waals surface area contributed by atoms with Crippen LogP contribution >= 0.6 is 0 Å². The van der Waals surface area contributed by atoms with Gasteiger partial charge in [-0.05, 0) is 12.8 Å². The van der Waals surface area contributed by atoms with Crippen LogP contribution in [0, 0.1) is 0 Å². The van der Waals surface area contributed by atoms with E-state index in [1.807, 2.05) is 4.90 Å². The third-order valence-electron chi connectivity index (χ3n) is 3.10. The number of carbonyl (C=O) groups excluding carboxylic acids is 1. The lowest BCUT2D eigenvalue weighted by Gasteiger charge is -2.24. The first-order valence-electron chi connectivity index (χ1n) is 6.17. The summed E-state index contributed by atoms with van der Waals surface area (Å²) in [5.41, 5.74) is 0.790. The number of nitrogens with one attached hydrogen (secondary N) is 1. The van der Waals surface area contributed by atoms with Gasteiger partial charge in [0.15, 0.2) is 0 Å². The first kappa shape index (κ1) is 12.8. The first-order chi connectivity index (χ1) is 8.74. The Balaban J connectivity index is 2.23. The summed E-state index contributed by atoms with van der Waals surface area (Å²) in [5, 5.41) is 11.9. The number of rotatable bonds is 4. The maximum Gasteiger partial charge on any atom is 0.220 e. The fourth-order valence-electron chi connectivity index (χ4n) is 2.33. The van der Waals surface area contributed by atoms with E-state index in [1.54, 1.807) is 19.3 Å². The number of aliphatic hydroxyl groups is 1. The van der Waals surface area contributed by atoms with Gasteiger partial charge in [-0.15, -0.1) is 0 Å². The lowest BCUT2D eigenvalue weighted by atomic mass is 10.1. The van der Waals surface area contributed by atoms with Gasteiger partial charge in [0.1, 0.15) is 11.5 Å². The highest BCUT2D eigenvalue weighted by Gasteiger charge is 2.30. The van der Waals surface area contributed by atoms with Crippen LogP contribution in [0.3, 0.4) is 0 Å². The maximum absolute atomic E-state index is 11.6. The Morgan fingerprint density at radius 3 is 3.06 bits per heavy atom. The monoisotopic (exact) mass is 250 g/mol. The van der Waals surface area contributed by atoms with Crippen molar-refractivity contribution in [2.45, 2.75) is 25.8 Å². The number of hydrogen-bond acceptors (Lipinski definition) is 5. The number of aromatic nitrogens is 2. The van der Waals surface area contributed by atoms with Crippen molar-refractivity contribution < 1.29 is 9.90 Å². The summed E-state index contributed by atoms with van der Waals surface area (Å²) >= 11 is 0. The van der Waals surface area contributed by atoms with Gasteiger partial charge >= 0.3 is 0 Å².